The molecule has 45 heavy (non-hydrogen) atoms. The van der Waals surface area contributed by atoms with E-state index in [9.17, 15) is 0 Å². The number of hydrogen-bond donors (Lipinski definition) is 0. The van der Waals surface area contributed by atoms with Crippen molar-refractivity contribution in [2.45, 2.75) is 91.4 Å². The first kappa shape index (κ1) is 31.1. The van der Waals surface area contributed by atoms with Gasteiger partial charge in [0.15, 0.2) is 0 Å². The van der Waals surface area contributed by atoms with Gasteiger partial charge in [0, 0.05) is 0 Å². The van der Waals surface area contributed by atoms with Gasteiger partial charge in [0.25, 0.3) is 0 Å². The van der Waals surface area contributed by atoms with Crippen LogP contribution in [0.25, 0.3) is 34.4 Å². The molecular weight excluding hydrogens is 723 g/mol. The molecule has 2 heteroatoms. The Bertz CT molecular complexity index is 1910. The molecule has 4 aromatic carbocycles. The molecule has 1 aliphatic heterocycles. The van der Waals surface area contributed by atoms with Gasteiger partial charge in [0.05, 0.1) is 0 Å². The second kappa shape index (κ2) is 11.3. The van der Waals surface area contributed by atoms with Gasteiger partial charge in [-0.2, -0.15) is 0 Å². The second-order valence-corrected chi connectivity index (χ2v) is 35.5. The Kier molecular flexibility index (Phi) is 7.80. The van der Waals surface area contributed by atoms with Crippen LogP contribution in [0.15, 0.2) is 58.9 Å². The van der Waals surface area contributed by atoms with Gasteiger partial charge in [0.2, 0.25) is 0 Å². The van der Waals surface area contributed by atoms with Crippen molar-refractivity contribution in [2.24, 2.45) is 0 Å². The molecule has 1 saturated heterocycles. The van der Waals surface area contributed by atoms with E-state index in [0.717, 1.165) is 3.67 Å². The van der Waals surface area contributed by atoms with Crippen molar-refractivity contribution in [1.29, 1.82) is 0 Å². The molecule has 0 spiro atoms. The summed E-state index contributed by atoms with van der Waals surface area (Å²) in [6, 6.07) is 19.3. The molecule has 0 amide bonds. The summed E-state index contributed by atoms with van der Waals surface area (Å²) in [7, 11) is -0.593. The Morgan fingerprint density at radius 3 is 1.60 bits per heavy atom. The summed E-state index contributed by atoms with van der Waals surface area (Å²) >= 11 is -2.63. The summed E-state index contributed by atoms with van der Waals surface area (Å²) in [5.41, 5.74) is 23.7. The van der Waals surface area contributed by atoms with E-state index in [1.165, 1.54) is 89.3 Å². The zero-order valence-corrected chi connectivity index (χ0v) is 34.3. The van der Waals surface area contributed by atoms with Gasteiger partial charge in [-0.15, -0.1) is 0 Å². The first-order chi connectivity index (χ1) is 21.4. The minimum atomic E-state index is -2.63. The maximum atomic E-state index is 2.78. The summed E-state index contributed by atoms with van der Waals surface area (Å²) < 4.78 is 7.78. The first-order valence-electron chi connectivity index (χ1n) is 17.2. The van der Waals surface area contributed by atoms with E-state index in [1.807, 2.05) is 5.20 Å². The second-order valence-electron chi connectivity index (χ2n) is 15.4. The fourth-order valence-electron chi connectivity index (χ4n) is 9.41. The van der Waals surface area contributed by atoms with E-state index in [4.69, 9.17) is 0 Å². The topological polar surface area (TPSA) is 0 Å². The standard InChI is InChI=1S/C41H44Si.2CH3.Hf/c1-10-13-34-33-15-12-17-36(41-29(8)25(4)19-26(5)30(41)9)38(33)22-39(34)42-32-20-31-14-11-16-35(37(31)21-32)40-27(6)23(2)18-24(3)28(40)7;;;/h11-12,14-22,34H,1,10,13,42H2,2-9H3;2*1H3;. The first-order valence-corrected chi connectivity index (χ1v) is 30.4. The number of fused-ring (bicyclic) bond motifs is 6. The van der Waals surface area contributed by atoms with Crippen molar-refractivity contribution in [3.63, 3.8) is 0 Å². The quantitative estimate of drug-likeness (QED) is 0.178. The molecule has 2 aliphatic carbocycles. The Labute approximate surface area is 279 Å². The van der Waals surface area contributed by atoms with Crippen molar-refractivity contribution in [1.82, 2.24) is 0 Å². The molecule has 3 aliphatic rings. The number of hydrogen-bond acceptors (Lipinski definition) is 0. The molecule has 230 valence electrons. The Balaban J connectivity index is 1.39. The fraction of sp³-hybridized carbons (Fsp3) is 0.349. The van der Waals surface area contributed by atoms with E-state index in [1.54, 1.807) is 21.9 Å². The maximum absolute atomic E-state index is 2.78. The average Bonchev–Trinajstić information content (AvgIpc) is 3.55. The van der Waals surface area contributed by atoms with Crippen LogP contribution in [0.4, 0.5) is 0 Å². The van der Waals surface area contributed by atoms with Crippen molar-refractivity contribution in [3.05, 3.63) is 126 Å². The number of rotatable bonds is 2. The summed E-state index contributed by atoms with van der Waals surface area (Å²) in [6.45, 7) is 18.5. The van der Waals surface area contributed by atoms with Crippen LogP contribution in [-0.4, -0.2) is 9.52 Å². The third kappa shape index (κ3) is 4.92. The minimum absolute atomic E-state index is 0.593. The summed E-state index contributed by atoms with van der Waals surface area (Å²) in [4.78, 5) is 0. The molecule has 7 rings (SSSR count). The molecule has 0 N–H and O–H groups in total. The van der Waals surface area contributed by atoms with Gasteiger partial charge in [0.1, 0.15) is 0 Å². The zero-order valence-electron chi connectivity index (χ0n) is 29.3. The molecule has 0 saturated carbocycles. The van der Waals surface area contributed by atoms with Crippen LogP contribution in [-0.2, 0) is 20.0 Å². The van der Waals surface area contributed by atoms with Gasteiger partial charge < -0.3 is 0 Å². The molecule has 0 aromatic heterocycles. The third-order valence-electron chi connectivity index (χ3n) is 12.2. The van der Waals surface area contributed by atoms with E-state index in [0.29, 0.717) is 5.92 Å². The predicted molar refractivity (Wildman–Crippen MR) is 197 cm³/mol. The van der Waals surface area contributed by atoms with Gasteiger partial charge >= 0.3 is 281 Å². The molecule has 4 aromatic rings. The molecule has 2 unspecified atom stereocenters. The molecule has 1 heterocycles. The summed E-state index contributed by atoms with van der Waals surface area (Å²) in [6.07, 6.45) is 8.15. The van der Waals surface area contributed by atoms with Gasteiger partial charge in [-0.25, -0.2) is 0 Å². The van der Waals surface area contributed by atoms with Crippen LogP contribution in [0.1, 0.15) is 89.2 Å². The van der Waals surface area contributed by atoms with Crippen LogP contribution in [0.2, 0.25) is 13.5 Å². The Morgan fingerprint density at radius 2 is 1.07 bits per heavy atom. The number of benzene rings is 4. The van der Waals surface area contributed by atoms with Crippen LogP contribution in [0.3, 0.4) is 0 Å². The molecule has 0 radical (unpaired) electrons. The van der Waals surface area contributed by atoms with Crippen molar-refractivity contribution in [2.75, 3.05) is 0 Å². The SMILES string of the molecule is Cc1cc(C)c(C)c(-c2cccc3c2C=C2[SiH2]C4=Cc5c(-c6c(C)c(C)cc(C)c6C)cccc5[CH]4[Hf]([CH3])([CH3])[CH2]CCC23)c1C. The van der Waals surface area contributed by atoms with E-state index >= 15 is 0 Å². The van der Waals surface area contributed by atoms with E-state index < -0.39 is 29.5 Å². The van der Waals surface area contributed by atoms with Crippen molar-refractivity contribution >= 4 is 21.7 Å². The van der Waals surface area contributed by atoms with Crippen molar-refractivity contribution < 1.29 is 20.0 Å². The molecule has 0 nitrogen and oxygen atoms in total. The monoisotopic (exact) mass is 774 g/mol. The fourth-order valence-corrected chi connectivity index (χ4v) is 30.1. The molecule has 2 atom stereocenters. The van der Waals surface area contributed by atoms with Gasteiger partial charge in [-0.05, 0) is 0 Å². The van der Waals surface area contributed by atoms with E-state index in [2.05, 4.69) is 125 Å². The Morgan fingerprint density at radius 1 is 0.600 bits per heavy atom. The number of allylic oxidation sites excluding steroid dienone is 2. The van der Waals surface area contributed by atoms with E-state index in [-0.39, 0.29) is 0 Å². The van der Waals surface area contributed by atoms with Crippen molar-refractivity contribution in [3.8, 4) is 22.3 Å². The average molecular weight is 773 g/mol. The molecule has 1 fully saturated rings. The third-order valence-corrected chi connectivity index (χ3v) is 29.8. The molecular formula is C43H50HfSi. The van der Waals surface area contributed by atoms with Gasteiger partial charge in [-0.1, -0.05) is 0 Å². The predicted octanol–water partition coefficient (Wildman–Crippen LogP) is 11.7. The van der Waals surface area contributed by atoms with Gasteiger partial charge in [-0.3, -0.25) is 0 Å². The Hall–Kier alpha value is -2.55. The number of aryl methyl sites for hydroxylation is 4. The zero-order chi connectivity index (χ0) is 31.9. The van der Waals surface area contributed by atoms with Crippen LogP contribution in [0, 0.1) is 55.4 Å². The normalized spacial score (nSPS) is 20.4. The summed E-state index contributed by atoms with van der Waals surface area (Å²) in [5, 5.41) is 3.66. The van der Waals surface area contributed by atoms with Crippen LogP contribution >= 0.6 is 0 Å². The molecule has 0 bridgehead atoms. The van der Waals surface area contributed by atoms with Crippen LogP contribution in [0.5, 0.6) is 0 Å². The summed E-state index contributed by atoms with van der Waals surface area (Å²) in [5.74, 6) is 0.606. The van der Waals surface area contributed by atoms with Crippen LogP contribution < -0.4 is 0 Å².